The van der Waals surface area contributed by atoms with Crippen LogP contribution in [-0.2, 0) is 6.42 Å². The van der Waals surface area contributed by atoms with E-state index in [-0.39, 0.29) is 17.3 Å². The van der Waals surface area contributed by atoms with Crippen LogP contribution < -0.4 is 20.5 Å². The number of hydrogen-bond acceptors (Lipinski definition) is 8. The molecule has 34 heavy (non-hydrogen) atoms. The molecule has 10 nitrogen and oxygen atoms in total. The molecule has 0 aliphatic carbocycles. The number of H-pyrrole nitrogens is 1. The predicted molar refractivity (Wildman–Crippen MR) is 119 cm³/mol. The fourth-order valence-electron chi connectivity index (χ4n) is 3.80. The number of aromatic nitrogens is 5. The zero-order chi connectivity index (χ0) is 23.7. The van der Waals surface area contributed by atoms with Crippen LogP contribution in [0.3, 0.4) is 0 Å². The maximum atomic E-state index is 15.7. The summed E-state index contributed by atoms with van der Waals surface area (Å²) >= 11 is 0. The van der Waals surface area contributed by atoms with E-state index in [2.05, 4.69) is 31.4 Å². The second-order valence-corrected chi connectivity index (χ2v) is 7.43. The van der Waals surface area contributed by atoms with Crippen LogP contribution in [0.2, 0.25) is 0 Å². The van der Waals surface area contributed by atoms with Gasteiger partial charge in [0, 0.05) is 35.6 Å². The van der Waals surface area contributed by atoms with E-state index in [1.807, 2.05) is 0 Å². The van der Waals surface area contributed by atoms with E-state index in [0.29, 0.717) is 41.3 Å². The molecule has 2 aromatic carbocycles. The zero-order valence-corrected chi connectivity index (χ0v) is 17.9. The molecule has 2 N–H and O–H groups in total. The molecule has 0 amide bonds. The number of methoxy groups -OCH3 is 1. The van der Waals surface area contributed by atoms with Crippen LogP contribution in [0.25, 0.3) is 5.95 Å². The van der Waals surface area contributed by atoms with E-state index in [4.69, 9.17) is 14.7 Å². The van der Waals surface area contributed by atoms with Gasteiger partial charge in [-0.25, -0.2) is 19.2 Å². The highest BCUT2D eigenvalue weighted by molar-refractivity contribution is 5.56. The maximum absolute atomic E-state index is 15.7. The topological polar surface area (TPSA) is 131 Å². The Kier molecular flexibility index (Phi) is 5.39. The minimum Gasteiger partial charge on any atom is -0.493 e. The second kappa shape index (κ2) is 8.67. The molecule has 1 atom stereocenters. The van der Waals surface area contributed by atoms with Crippen LogP contribution in [0.1, 0.15) is 28.6 Å². The van der Waals surface area contributed by atoms with Gasteiger partial charge in [-0.1, -0.05) is 0 Å². The number of hydrogen-bond donors (Lipinski definition) is 2. The van der Waals surface area contributed by atoms with Crippen molar-refractivity contribution in [1.29, 1.82) is 5.26 Å². The summed E-state index contributed by atoms with van der Waals surface area (Å²) in [5, 5.41) is 16.6. The van der Waals surface area contributed by atoms with Gasteiger partial charge in [0.2, 0.25) is 0 Å². The van der Waals surface area contributed by atoms with Crippen LogP contribution >= 0.6 is 0 Å². The Morgan fingerprint density at radius 1 is 1.29 bits per heavy atom. The van der Waals surface area contributed by atoms with Gasteiger partial charge >= 0.3 is 5.69 Å². The van der Waals surface area contributed by atoms with Gasteiger partial charge in [0.1, 0.15) is 11.9 Å². The molecule has 1 aliphatic heterocycles. The molecule has 1 aliphatic rings. The van der Waals surface area contributed by atoms with Crippen LogP contribution in [0.4, 0.5) is 10.1 Å². The summed E-state index contributed by atoms with van der Waals surface area (Å²) in [6.45, 7) is 0.344. The first-order valence-electron chi connectivity index (χ1n) is 10.3. The highest BCUT2D eigenvalue weighted by atomic mass is 19.1. The molecule has 0 bridgehead atoms. The Bertz CT molecular complexity index is 1440. The van der Waals surface area contributed by atoms with E-state index in [1.165, 1.54) is 25.6 Å². The third-order valence-electron chi connectivity index (χ3n) is 5.41. The molecule has 11 heteroatoms. The first-order chi connectivity index (χ1) is 16.6. The van der Waals surface area contributed by atoms with Crippen LogP contribution in [-0.4, -0.2) is 38.4 Å². The Balaban J connectivity index is 1.65. The predicted octanol–water partition coefficient (Wildman–Crippen LogP) is 2.51. The lowest BCUT2D eigenvalue weighted by molar-refractivity contribution is 0.325. The molecule has 170 valence electrons. The largest absolute Gasteiger partial charge is 0.493 e. The van der Waals surface area contributed by atoms with Crippen LogP contribution in [0, 0.1) is 17.1 Å². The zero-order valence-electron chi connectivity index (χ0n) is 17.9. The number of anilines is 1. The average Bonchev–Trinajstić information content (AvgIpc) is 3.52. The maximum Gasteiger partial charge on any atom is 0.350 e. The first kappa shape index (κ1) is 21.1. The van der Waals surface area contributed by atoms with Gasteiger partial charge in [-0.3, -0.25) is 4.98 Å². The molecular formula is C23H18FN7O3. The molecule has 2 aromatic heterocycles. The van der Waals surface area contributed by atoms with Gasteiger partial charge in [-0.15, -0.1) is 9.78 Å². The number of benzene rings is 2. The van der Waals surface area contributed by atoms with Gasteiger partial charge in [0.05, 0.1) is 25.3 Å². The number of nitriles is 1. The molecule has 0 saturated carbocycles. The summed E-state index contributed by atoms with van der Waals surface area (Å²) in [4.78, 5) is 23.5. The summed E-state index contributed by atoms with van der Waals surface area (Å²) < 4.78 is 27.7. The van der Waals surface area contributed by atoms with Crippen molar-refractivity contribution in [2.24, 2.45) is 0 Å². The number of nitrogens with zero attached hydrogens (tertiary/aromatic N) is 5. The Hall–Kier alpha value is -4.72. The van der Waals surface area contributed by atoms with Crippen molar-refractivity contribution in [2.45, 2.75) is 12.5 Å². The molecule has 0 fully saturated rings. The second-order valence-electron chi connectivity index (χ2n) is 7.43. The minimum atomic E-state index is -0.912. The molecule has 1 unspecified atom stereocenters. The van der Waals surface area contributed by atoms with E-state index in [9.17, 15) is 4.79 Å². The van der Waals surface area contributed by atoms with Crippen LogP contribution in [0.15, 0.2) is 53.6 Å². The molecular weight excluding hydrogens is 441 g/mol. The minimum absolute atomic E-state index is 0.0764. The number of ether oxygens (including phenoxy) is 2. The Morgan fingerprint density at radius 2 is 2.06 bits per heavy atom. The monoisotopic (exact) mass is 459 g/mol. The van der Waals surface area contributed by atoms with Gasteiger partial charge < -0.3 is 14.8 Å². The number of halogens is 1. The molecule has 5 rings (SSSR count). The van der Waals surface area contributed by atoms with E-state index in [1.54, 1.807) is 30.3 Å². The van der Waals surface area contributed by atoms with Crippen molar-refractivity contribution in [1.82, 2.24) is 24.7 Å². The summed E-state index contributed by atoms with van der Waals surface area (Å²) in [5.74, 6) is 0.487. The van der Waals surface area contributed by atoms with Gasteiger partial charge in [-0.2, -0.15) is 5.26 Å². The summed E-state index contributed by atoms with van der Waals surface area (Å²) in [5.41, 5.74) is 1.09. The van der Waals surface area contributed by atoms with Crippen molar-refractivity contribution in [3.8, 4) is 23.5 Å². The molecule has 4 aromatic rings. The van der Waals surface area contributed by atoms with Crippen molar-refractivity contribution in [3.05, 3.63) is 87.6 Å². The highest BCUT2D eigenvalue weighted by Gasteiger charge is 2.31. The smallest absolute Gasteiger partial charge is 0.350 e. The summed E-state index contributed by atoms with van der Waals surface area (Å²) in [7, 11) is 1.48. The first-order valence-corrected chi connectivity index (χ1v) is 10.3. The SMILES string of the molecule is COc1cc(C(Nc2ccc(C#N)cc2)c2nn(-c3ncccn3)c(=O)[nH]2)c(F)c2c1OCC2. The number of aromatic amines is 1. The Morgan fingerprint density at radius 3 is 2.76 bits per heavy atom. The average molecular weight is 459 g/mol. The molecule has 0 saturated heterocycles. The Labute approximate surface area is 192 Å². The lowest BCUT2D eigenvalue weighted by Crippen LogP contribution is -2.18. The van der Waals surface area contributed by atoms with E-state index in [0.717, 1.165) is 4.68 Å². The van der Waals surface area contributed by atoms with Gasteiger partial charge in [0.15, 0.2) is 17.3 Å². The van der Waals surface area contributed by atoms with Crippen molar-refractivity contribution in [3.63, 3.8) is 0 Å². The molecule has 0 spiro atoms. The molecule has 0 radical (unpaired) electrons. The van der Waals surface area contributed by atoms with Crippen LogP contribution in [0.5, 0.6) is 11.5 Å². The van der Waals surface area contributed by atoms with Crippen molar-refractivity contribution in [2.75, 3.05) is 19.0 Å². The normalized spacial score (nSPS) is 13.0. The standard InChI is InChI=1S/C23H18FN7O3/c1-33-17-11-16(18(24)15-7-10-34-20(15)17)19(28-14-5-3-13(12-25)4-6-14)21-29-23(32)31(30-21)22-26-8-2-9-27-22/h2-6,8-9,11,19,28H,7,10H2,1H3,(H,29,30,32). The summed E-state index contributed by atoms with van der Waals surface area (Å²) in [6, 6.07) is 10.9. The number of rotatable bonds is 6. The van der Waals surface area contributed by atoms with Gasteiger partial charge in [0.25, 0.3) is 5.95 Å². The molecule has 3 heterocycles. The third kappa shape index (κ3) is 3.71. The lowest BCUT2D eigenvalue weighted by atomic mass is 9.99. The van der Waals surface area contributed by atoms with E-state index < -0.39 is 17.5 Å². The quantitative estimate of drug-likeness (QED) is 0.450. The van der Waals surface area contributed by atoms with Crippen molar-refractivity contribution >= 4 is 5.69 Å². The van der Waals surface area contributed by atoms with Crippen molar-refractivity contribution < 1.29 is 13.9 Å². The van der Waals surface area contributed by atoms with E-state index >= 15 is 4.39 Å². The van der Waals surface area contributed by atoms with Gasteiger partial charge in [-0.05, 0) is 36.4 Å². The number of nitrogens with one attached hydrogen (secondary N) is 2. The summed E-state index contributed by atoms with van der Waals surface area (Å²) in [6.07, 6.45) is 3.36. The third-order valence-corrected chi connectivity index (χ3v) is 5.41. The number of fused-ring (bicyclic) bond motifs is 1. The highest BCUT2D eigenvalue weighted by Crippen LogP contribution is 2.42. The fourth-order valence-corrected chi connectivity index (χ4v) is 3.80. The lowest BCUT2D eigenvalue weighted by Gasteiger charge is -2.21. The fraction of sp³-hybridized carbons (Fsp3) is 0.174.